The minimum absolute atomic E-state index is 0.0256. The summed E-state index contributed by atoms with van der Waals surface area (Å²) in [5, 5.41) is 19.1. The Labute approximate surface area is 744 Å². The number of rotatable bonds is 20. The number of nitrogens with one attached hydrogen (secondary N) is 4. The van der Waals surface area contributed by atoms with E-state index in [1.807, 2.05) is 142 Å². The van der Waals surface area contributed by atoms with Crippen LogP contribution in [0.1, 0.15) is 22.8 Å². The molecular formula is C93H73ClN32O4. The topological polar surface area (TPSA) is 459 Å². The smallest absolute Gasteiger partial charge is 0.247 e. The van der Waals surface area contributed by atoms with Crippen LogP contribution in [0.25, 0.3) is 134 Å². The fourth-order valence-corrected chi connectivity index (χ4v) is 14.0. The van der Waals surface area contributed by atoms with Gasteiger partial charge in [-0.1, -0.05) is 0 Å². The van der Waals surface area contributed by atoms with Crippen molar-refractivity contribution in [2.24, 2.45) is 0 Å². The Balaban J connectivity index is 0.000000121. The number of aromatic nitrogens is 27. The molecule has 20 aromatic heterocycles. The number of nitrogens with zero attached hydrogens (tertiary/aromatic N) is 27. The van der Waals surface area contributed by atoms with Crippen LogP contribution >= 0.6 is 11.6 Å². The molecule has 0 saturated heterocycles. The van der Waals surface area contributed by atoms with Gasteiger partial charge >= 0.3 is 0 Å². The molecule has 0 saturated carbocycles. The number of nitrogens with two attached hydrogens (primary N) is 1. The average Bonchev–Trinajstić information content (AvgIpc) is 1.63. The summed E-state index contributed by atoms with van der Waals surface area (Å²) < 4.78 is 6.85. The summed E-state index contributed by atoms with van der Waals surface area (Å²) in [6.07, 6.45) is 43.9. The molecule has 20 aromatic rings. The van der Waals surface area contributed by atoms with Crippen LogP contribution in [0.4, 0.5) is 29.2 Å². The molecule has 20 rings (SSSR count). The first-order valence-corrected chi connectivity index (χ1v) is 40.5. The highest BCUT2D eigenvalue weighted by Crippen LogP contribution is 2.33. The van der Waals surface area contributed by atoms with E-state index in [0.29, 0.717) is 68.7 Å². The number of anilines is 5. The van der Waals surface area contributed by atoms with E-state index < -0.39 is 0 Å². The second kappa shape index (κ2) is 38.8. The first-order valence-electron chi connectivity index (χ1n) is 40.2. The normalized spacial score (nSPS) is 10.9. The molecule has 0 radical (unpaired) electrons. The highest BCUT2D eigenvalue weighted by Gasteiger charge is 2.21. The third kappa shape index (κ3) is 20.6. The SMILES string of the molecule is Cc1cc(-c2cnc3c(ccn3CC(=O)Nc3ccc(-c4cnccn4)cn3)c2)ccn1.Cc1cc(-c2cnc3c(cnn3CC(=O)Nc3ccc(-c4cnccn4)cn3)c2)ccn1.Cc1cc(-c2nc(Cl)nc3c2ccn3CC(=O)Nc2ccc(-c3cnccn3)cn2)ccn1.Cc1cc(-c2nc(N)nc3c2ccn3CC(=O)Nc2ccc(-c3cnccn3)cn2)ccn1. The molecule has 20 heterocycles. The van der Waals surface area contributed by atoms with Gasteiger partial charge in [0.15, 0.2) is 5.65 Å². The zero-order valence-corrected chi connectivity index (χ0v) is 70.4. The summed E-state index contributed by atoms with van der Waals surface area (Å²) >= 11 is 6.20. The van der Waals surface area contributed by atoms with Gasteiger partial charge in [0, 0.05) is 219 Å². The van der Waals surface area contributed by atoms with Crippen molar-refractivity contribution in [2.45, 2.75) is 53.9 Å². The highest BCUT2D eigenvalue weighted by molar-refractivity contribution is 6.29. The molecule has 0 aromatic carbocycles. The van der Waals surface area contributed by atoms with Crippen molar-refractivity contribution < 1.29 is 19.2 Å². The largest absolute Gasteiger partial charge is 0.368 e. The van der Waals surface area contributed by atoms with Gasteiger partial charge in [0.2, 0.25) is 34.9 Å². The number of hydrogen-bond acceptors (Lipinski definition) is 28. The van der Waals surface area contributed by atoms with Gasteiger partial charge in [0.25, 0.3) is 0 Å². The lowest BCUT2D eigenvalue weighted by atomic mass is 10.1. The summed E-state index contributed by atoms with van der Waals surface area (Å²) in [4.78, 5) is 144. The summed E-state index contributed by atoms with van der Waals surface area (Å²) in [5.41, 5.74) is 25.5. The van der Waals surface area contributed by atoms with Crippen LogP contribution in [0.2, 0.25) is 5.28 Å². The van der Waals surface area contributed by atoms with E-state index in [-0.39, 0.29) is 61.0 Å². The Kier molecular flexibility index (Phi) is 25.2. The fraction of sp³-hybridized carbons (Fsp3) is 0.0860. The van der Waals surface area contributed by atoms with Crippen molar-refractivity contribution in [3.63, 3.8) is 0 Å². The van der Waals surface area contributed by atoms with E-state index in [2.05, 4.69) is 142 Å². The van der Waals surface area contributed by atoms with E-state index in [9.17, 15) is 19.2 Å². The van der Waals surface area contributed by atoms with Gasteiger partial charge in [-0.05, 0) is 178 Å². The first kappa shape index (κ1) is 84.3. The third-order valence-corrected chi connectivity index (χ3v) is 20.1. The van der Waals surface area contributed by atoms with E-state index in [4.69, 9.17) is 17.3 Å². The lowest BCUT2D eigenvalue weighted by Gasteiger charge is -2.09. The maximum atomic E-state index is 12.7. The first-order chi connectivity index (χ1) is 63.4. The van der Waals surface area contributed by atoms with Crippen molar-refractivity contribution in [2.75, 3.05) is 27.0 Å². The van der Waals surface area contributed by atoms with Gasteiger partial charge < -0.3 is 40.7 Å². The zero-order chi connectivity index (χ0) is 89.4. The van der Waals surface area contributed by atoms with Crippen molar-refractivity contribution in [1.29, 1.82) is 0 Å². The van der Waals surface area contributed by atoms with E-state index >= 15 is 0 Å². The van der Waals surface area contributed by atoms with E-state index in [1.54, 1.807) is 187 Å². The summed E-state index contributed by atoms with van der Waals surface area (Å²) in [6, 6.07) is 39.6. The Morgan fingerprint density at radius 3 is 1.05 bits per heavy atom. The Morgan fingerprint density at radius 1 is 0.300 bits per heavy atom. The molecule has 37 heteroatoms. The highest BCUT2D eigenvalue weighted by atomic mass is 35.5. The molecule has 0 aliphatic rings. The fourth-order valence-electron chi connectivity index (χ4n) is 13.9. The van der Waals surface area contributed by atoms with Crippen LogP contribution in [0.3, 0.4) is 0 Å². The molecule has 130 heavy (non-hydrogen) atoms. The Bertz CT molecular complexity index is 7020. The molecule has 36 nitrogen and oxygen atoms in total. The molecule has 6 N–H and O–H groups in total. The van der Waals surface area contributed by atoms with Crippen LogP contribution in [-0.4, -0.2) is 157 Å². The monoisotopic (exact) mass is 1740 g/mol. The predicted molar refractivity (Wildman–Crippen MR) is 489 cm³/mol. The molecule has 4 amide bonds. The number of nitrogen functional groups attached to an aromatic ring is 1. The van der Waals surface area contributed by atoms with Crippen LogP contribution in [0.15, 0.2) is 289 Å². The van der Waals surface area contributed by atoms with Gasteiger partial charge in [-0.3, -0.25) is 79.0 Å². The number of carbonyl (C=O) groups is 4. The Hall–Kier alpha value is -18.0. The summed E-state index contributed by atoms with van der Waals surface area (Å²) in [7, 11) is 0. The van der Waals surface area contributed by atoms with Gasteiger partial charge in [-0.2, -0.15) is 15.1 Å². The second-order valence-electron chi connectivity index (χ2n) is 29.2. The summed E-state index contributed by atoms with van der Waals surface area (Å²) in [6.45, 7) is 7.98. The number of amides is 4. The van der Waals surface area contributed by atoms with Crippen LogP contribution in [-0.2, 0) is 45.4 Å². The number of halogens is 1. The molecular weight excluding hydrogens is 1660 g/mol. The van der Waals surface area contributed by atoms with Crippen LogP contribution < -0.4 is 27.0 Å². The lowest BCUT2D eigenvalue weighted by Crippen LogP contribution is -2.20. The minimum atomic E-state index is -0.247. The quantitative estimate of drug-likeness (QED) is 0.0442. The standard InChI is InChI=1S/C24H19N7O.C23H17ClN8O.C23H19N9O.C23H18N8O/c1-16-10-17(4-6-26-16)20-11-18-5-9-31(24(18)29-13-20)15-23(32)30-22-3-2-19(12-28-22)21-14-25-7-8-27-21;2*1-14-10-15(4-6-26-14)21-17-5-9-32(22(17)31-23(24)30-21)13-20(33)29-19-3-2-16(11-28-19)18-12-25-7-8-27-18;1-15-8-16(4-5-25-15)18-9-19-12-29-31(23(19)28-11-18)14-22(32)30-21-3-2-17(10-27-21)20-13-24-6-7-26-20/h2-14H,15H2,1H3,(H,28,30,32);2-12H,13H2,1H3,(H,28,29,33);2-12H,13H2,1H3,(H2,24,30,31)(H,28,29,33);2-13H,14H2,1H3,(H,27,30,32). The van der Waals surface area contributed by atoms with Crippen molar-refractivity contribution in [3.8, 4) is 89.8 Å². The van der Waals surface area contributed by atoms with Crippen molar-refractivity contribution in [3.05, 3.63) is 317 Å². The zero-order valence-electron chi connectivity index (χ0n) is 69.6. The minimum Gasteiger partial charge on any atom is -0.368 e. The van der Waals surface area contributed by atoms with Crippen LogP contribution in [0.5, 0.6) is 0 Å². The number of fused-ring (bicyclic) bond motifs is 4. The average molecular weight is 1740 g/mol. The Morgan fingerprint density at radius 2 is 0.654 bits per heavy atom. The molecule has 0 unspecified atom stereocenters. The molecule has 0 bridgehead atoms. The van der Waals surface area contributed by atoms with Gasteiger partial charge in [0.1, 0.15) is 66.4 Å². The maximum Gasteiger partial charge on any atom is 0.247 e. The second-order valence-corrected chi connectivity index (χ2v) is 29.5. The number of hydrogen-bond donors (Lipinski definition) is 5. The van der Waals surface area contributed by atoms with Crippen LogP contribution in [0, 0.1) is 27.7 Å². The molecule has 636 valence electrons. The van der Waals surface area contributed by atoms with E-state index in [1.165, 1.54) is 0 Å². The third-order valence-electron chi connectivity index (χ3n) is 19.9. The van der Waals surface area contributed by atoms with E-state index in [0.717, 1.165) is 111 Å². The summed E-state index contributed by atoms with van der Waals surface area (Å²) in [5.74, 6) is 1.01. The van der Waals surface area contributed by atoms with Crippen molar-refractivity contribution >= 4 is 109 Å². The number of pyridine rings is 10. The number of carbonyl (C=O) groups excluding carboxylic acids is 4. The molecule has 0 aliphatic heterocycles. The molecule has 0 spiro atoms. The number of aryl methyl sites for hydroxylation is 4. The lowest BCUT2D eigenvalue weighted by molar-refractivity contribution is -0.117. The molecule has 0 fully saturated rings. The van der Waals surface area contributed by atoms with Gasteiger partial charge in [-0.15, -0.1) is 0 Å². The van der Waals surface area contributed by atoms with Gasteiger partial charge in [-0.25, -0.2) is 44.6 Å². The maximum absolute atomic E-state index is 12.7. The molecule has 0 aliphatic carbocycles. The predicted octanol–water partition coefficient (Wildman–Crippen LogP) is 14.0. The molecule has 0 atom stereocenters. The van der Waals surface area contributed by atoms with Crippen molar-refractivity contribution in [1.82, 2.24) is 133 Å². The van der Waals surface area contributed by atoms with Gasteiger partial charge in [0.05, 0.1) is 65.1 Å².